The summed E-state index contributed by atoms with van der Waals surface area (Å²) in [5.74, 6) is 1.15. The molecule has 2 fully saturated rings. The van der Waals surface area contributed by atoms with Crippen LogP contribution in [0.1, 0.15) is 39.0 Å². The third-order valence-corrected chi connectivity index (χ3v) is 4.17. The van der Waals surface area contributed by atoms with E-state index in [2.05, 4.69) is 23.0 Å². The van der Waals surface area contributed by atoms with Crippen molar-refractivity contribution in [1.82, 2.24) is 4.90 Å². The lowest BCUT2D eigenvalue weighted by atomic mass is 9.91. The standard InChI is InChI=1S/C13H21N3O/c1-2-7-16(8-3-6-14)13-11-5-4-10(9-11)12(13)15-17/h10-11,13,17H,2-5,7-9H2,1H3/b15-12+/t10-,11-,13+/m0/s1. The number of oxime groups is 1. The molecule has 94 valence electrons. The molecule has 2 rings (SSSR count). The molecular weight excluding hydrogens is 214 g/mol. The molecule has 2 bridgehead atoms. The maximum Gasteiger partial charge on any atom is 0.0775 e. The van der Waals surface area contributed by atoms with Crippen LogP contribution in [0.3, 0.4) is 0 Å². The van der Waals surface area contributed by atoms with Crippen LogP contribution in [-0.4, -0.2) is 35.0 Å². The van der Waals surface area contributed by atoms with Crippen molar-refractivity contribution in [3.63, 3.8) is 0 Å². The molecule has 0 saturated heterocycles. The van der Waals surface area contributed by atoms with Gasteiger partial charge in [0.2, 0.25) is 0 Å². The second-order valence-electron chi connectivity index (χ2n) is 5.18. The first-order valence-corrected chi connectivity index (χ1v) is 6.64. The molecular formula is C13H21N3O. The summed E-state index contributed by atoms with van der Waals surface area (Å²) >= 11 is 0. The fourth-order valence-electron chi connectivity index (χ4n) is 3.55. The molecule has 2 saturated carbocycles. The Labute approximate surface area is 103 Å². The summed E-state index contributed by atoms with van der Waals surface area (Å²) in [6.45, 7) is 3.95. The van der Waals surface area contributed by atoms with Gasteiger partial charge in [-0.25, -0.2) is 0 Å². The van der Waals surface area contributed by atoms with Gasteiger partial charge in [0.1, 0.15) is 0 Å². The summed E-state index contributed by atoms with van der Waals surface area (Å²) < 4.78 is 0. The zero-order valence-corrected chi connectivity index (χ0v) is 10.5. The first-order chi connectivity index (χ1) is 8.31. The Kier molecular flexibility index (Phi) is 4.01. The highest BCUT2D eigenvalue weighted by Gasteiger charge is 2.47. The molecule has 0 spiro atoms. The first kappa shape index (κ1) is 12.4. The van der Waals surface area contributed by atoms with Crippen molar-refractivity contribution in [2.45, 2.75) is 45.1 Å². The van der Waals surface area contributed by atoms with Gasteiger partial charge in [-0.3, -0.25) is 4.90 Å². The third-order valence-electron chi connectivity index (χ3n) is 4.17. The normalized spacial score (nSPS) is 33.5. The van der Waals surface area contributed by atoms with Crippen LogP contribution in [-0.2, 0) is 0 Å². The molecule has 3 atom stereocenters. The lowest BCUT2D eigenvalue weighted by Gasteiger charge is -2.34. The lowest BCUT2D eigenvalue weighted by Crippen LogP contribution is -2.45. The van der Waals surface area contributed by atoms with Crippen molar-refractivity contribution in [1.29, 1.82) is 5.26 Å². The Morgan fingerprint density at radius 1 is 1.47 bits per heavy atom. The Morgan fingerprint density at radius 2 is 2.29 bits per heavy atom. The van der Waals surface area contributed by atoms with E-state index in [9.17, 15) is 5.21 Å². The van der Waals surface area contributed by atoms with Gasteiger partial charge < -0.3 is 5.21 Å². The molecule has 1 N–H and O–H groups in total. The van der Waals surface area contributed by atoms with E-state index in [1.165, 1.54) is 19.3 Å². The molecule has 4 nitrogen and oxygen atoms in total. The maximum absolute atomic E-state index is 9.20. The van der Waals surface area contributed by atoms with Crippen LogP contribution in [0.2, 0.25) is 0 Å². The lowest BCUT2D eigenvalue weighted by molar-refractivity contribution is 0.195. The van der Waals surface area contributed by atoms with Gasteiger partial charge >= 0.3 is 0 Å². The van der Waals surface area contributed by atoms with Crippen molar-refractivity contribution in [3.05, 3.63) is 0 Å². The number of nitrogens with zero attached hydrogens (tertiary/aromatic N) is 3. The van der Waals surface area contributed by atoms with Crippen LogP contribution in [0.25, 0.3) is 0 Å². The highest BCUT2D eigenvalue weighted by Crippen LogP contribution is 2.45. The Balaban J connectivity index is 2.09. The fraction of sp³-hybridized carbons (Fsp3) is 0.846. The number of hydrogen-bond acceptors (Lipinski definition) is 4. The van der Waals surface area contributed by atoms with Gasteiger partial charge in [-0.15, -0.1) is 0 Å². The predicted octanol–water partition coefficient (Wildman–Crippen LogP) is 2.24. The summed E-state index contributed by atoms with van der Waals surface area (Å²) in [5, 5.41) is 21.5. The van der Waals surface area contributed by atoms with E-state index in [4.69, 9.17) is 5.26 Å². The second-order valence-corrected chi connectivity index (χ2v) is 5.18. The summed E-state index contributed by atoms with van der Waals surface area (Å²) in [6.07, 6.45) is 5.25. The summed E-state index contributed by atoms with van der Waals surface area (Å²) in [5.41, 5.74) is 0.979. The number of hydrogen-bond donors (Lipinski definition) is 1. The highest BCUT2D eigenvalue weighted by atomic mass is 16.4. The molecule has 0 amide bonds. The zero-order valence-electron chi connectivity index (χ0n) is 10.5. The van der Waals surface area contributed by atoms with E-state index >= 15 is 0 Å². The molecule has 0 aromatic heterocycles. The van der Waals surface area contributed by atoms with Gasteiger partial charge in [0.15, 0.2) is 0 Å². The van der Waals surface area contributed by atoms with Crippen molar-refractivity contribution < 1.29 is 5.21 Å². The highest BCUT2D eigenvalue weighted by molar-refractivity contribution is 5.94. The predicted molar refractivity (Wildman–Crippen MR) is 65.9 cm³/mol. The van der Waals surface area contributed by atoms with Gasteiger partial charge in [-0.05, 0) is 38.1 Å². The van der Waals surface area contributed by atoms with Crippen LogP contribution in [0.5, 0.6) is 0 Å². The fourth-order valence-corrected chi connectivity index (χ4v) is 3.55. The average molecular weight is 235 g/mol. The summed E-state index contributed by atoms with van der Waals surface area (Å²) in [7, 11) is 0. The Morgan fingerprint density at radius 3 is 2.94 bits per heavy atom. The zero-order chi connectivity index (χ0) is 12.3. The van der Waals surface area contributed by atoms with E-state index < -0.39 is 0 Å². The molecule has 0 heterocycles. The van der Waals surface area contributed by atoms with E-state index in [1.807, 2.05) is 0 Å². The third kappa shape index (κ3) is 2.30. The Bertz CT molecular complexity index is 334. The van der Waals surface area contributed by atoms with Crippen LogP contribution in [0.15, 0.2) is 5.16 Å². The SMILES string of the molecule is CCCN(CCC#N)[C@H]1/C(=N/O)[C@H]2CC[C@H]1C2. The van der Waals surface area contributed by atoms with E-state index in [0.717, 1.165) is 25.2 Å². The molecule has 0 aromatic rings. The molecule has 0 aliphatic heterocycles. The van der Waals surface area contributed by atoms with E-state index in [0.29, 0.717) is 24.3 Å². The smallest absolute Gasteiger partial charge is 0.0775 e. The minimum Gasteiger partial charge on any atom is -0.411 e. The van der Waals surface area contributed by atoms with Crippen molar-refractivity contribution in [2.75, 3.05) is 13.1 Å². The first-order valence-electron chi connectivity index (χ1n) is 6.64. The molecule has 4 heteroatoms. The van der Waals surface area contributed by atoms with Crippen LogP contribution >= 0.6 is 0 Å². The minimum absolute atomic E-state index is 0.298. The van der Waals surface area contributed by atoms with E-state index in [-0.39, 0.29) is 0 Å². The summed E-state index contributed by atoms with van der Waals surface area (Å²) in [4.78, 5) is 2.35. The molecule has 17 heavy (non-hydrogen) atoms. The van der Waals surface area contributed by atoms with Gasteiger partial charge in [0.25, 0.3) is 0 Å². The van der Waals surface area contributed by atoms with Crippen LogP contribution in [0.4, 0.5) is 0 Å². The quantitative estimate of drug-likeness (QED) is 0.587. The van der Waals surface area contributed by atoms with Gasteiger partial charge in [-0.1, -0.05) is 12.1 Å². The maximum atomic E-state index is 9.20. The average Bonchev–Trinajstić information content (AvgIpc) is 2.94. The molecule has 0 radical (unpaired) electrons. The summed E-state index contributed by atoms with van der Waals surface area (Å²) in [6, 6.07) is 2.51. The number of fused-ring (bicyclic) bond motifs is 2. The van der Waals surface area contributed by atoms with Crippen molar-refractivity contribution in [3.8, 4) is 6.07 Å². The van der Waals surface area contributed by atoms with Crippen molar-refractivity contribution in [2.24, 2.45) is 17.0 Å². The van der Waals surface area contributed by atoms with Crippen LogP contribution in [0, 0.1) is 23.2 Å². The molecule has 2 aliphatic rings. The van der Waals surface area contributed by atoms with Gasteiger partial charge in [0, 0.05) is 18.9 Å². The number of rotatable bonds is 5. The topological polar surface area (TPSA) is 59.6 Å². The molecule has 2 aliphatic carbocycles. The molecule has 0 unspecified atom stereocenters. The monoisotopic (exact) mass is 235 g/mol. The second kappa shape index (κ2) is 5.50. The minimum atomic E-state index is 0.298. The van der Waals surface area contributed by atoms with Crippen molar-refractivity contribution >= 4 is 5.71 Å². The van der Waals surface area contributed by atoms with E-state index in [1.54, 1.807) is 0 Å². The van der Waals surface area contributed by atoms with Gasteiger partial charge in [-0.2, -0.15) is 5.26 Å². The number of nitriles is 1. The Hall–Kier alpha value is -1.08. The molecule has 0 aromatic carbocycles. The van der Waals surface area contributed by atoms with Gasteiger partial charge in [0.05, 0.1) is 17.8 Å². The van der Waals surface area contributed by atoms with Crippen LogP contribution < -0.4 is 0 Å². The largest absolute Gasteiger partial charge is 0.411 e.